The molecule has 3 heteroatoms. The van der Waals surface area contributed by atoms with Crippen molar-refractivity contribution in [3.63, 3.8) is 0 Å². The van der Waals surface area contributed by atoms with E-state index < -0.39 is 0 Å². The van der Waals surface area contributed by atoms with E-state index in [-0.39, 0.29) is 11.9 Å². The van der Waals surface area contributed by atoms with Gasteiger partial charge in [-0.1, -0.05) is 42.5 Å². The van der Waals surface area contributed by atoms with Crippen LogP contribution in [-0.4, -0.2) is 11.8 Å². The molecule has 94 valence electrons. The molecule has 0 aliphatic rings. The maximum atomic E-state index is 11.6. The highest BCUT2D eigenvalue weighted by Gasteiger charge is 2.11. The smallest absolute Gasteiger partial charge is 0.221 e. The van der Waals surface area contributed by atoms with Gasteiger partial charge in [0.1, 0.15) is 0 Å². The van der Waals surface area contributed by atoms with Crippen molar-refractivity contribution in [1.82, 2.24) is 5.32 Å². The molecule has 18 heavy (non-hydrogen) atoms. The maximum absolute atomic E-state index is 11.6. The summed E-state index contributed by atoms with van der Waals surface area (Å²) in [6.45, 7) is 1.99. The van der Waals surface area contributed by atoms with Crippen molar-refractivity contribution < 1.29 is 4.79 Å². The Morgan fingerprint density at radius 1 is 1.22 bits per heavy atom. The molecule has 0 aliphatic carbocycles. The first-order valence-corrected chi connectivity index (χ1v) is 6.59. The van der Waals surface area contributed by atoms with Crippen LogP contribution in [0.5, 0.6) is 0 Å². The Morgan fingerprint density at radius 3 is 2.72 bits per heavy atom. The van der Waals surface area contributed by atoms with E-state index >= 15 is 0 Å². The number of carbonyl (C=O) groups excluding carboxylic acids is 1. The SMILES string of the molecule is CC(NC(=O)CCCl)c1cccc2ccccc12. The van der Waals surface area contributed by atoms with Crippen molar-refractivity contribution >= 4 is 28.3 Å². The summed E-state index contributed by atoms with van der Waals surface area (Å²) in [6, 6.07) is 14.3. The van der Waals surface area contributed by atoms with E-state index in [4.69, 9.17) is 11.6 Å². The Kier molecular flexibility index (Phi) is 4.21. The molecule has 2 rings (SSSR count). The monoisotopic (exact) mass is 261 g/mol. The van der Waals surface area contributed by atoms with E-state index in [0.717, 1.165) is 5.56 Å². The average Bonchev–Trinajstić information content (AvgIpc) is 2.38. The van der Waals surface area contributed by atoms with Gasteiger partial charge in [0.05, 0.1) is 6.04 Å². The molecular formula is C15H16ClNO. The van der Waals surface area contributed by atoms with Gasteiger partial charge in [0.15, 0.2) is 0 Å². The first-order valence-electron chi connectivity index (χ1n) is 6.05. The lowest BCUT2D eigenvalue weighted by atomic mass is 9.99. The fraction of sp³-hybridized carbons (Fsp3) is 0.267. The molecule has 0 aliphatic heterocycles. The molecule has 0 bridgehead atoms. The van der Waals surface area contributed by atoms with Crippen LogP contribution >= 0.6 is 11.6 Å². The van der Waals surface area contributed by atoms with E-state index in [1.165, 1.54) is 10.8 Å². The number of fused-ring (bicyclic) bond motifs is 1. The fourth-order valence-electron chi connectivity index (χ4n) is 2.11. The third kappa shape index (κ3) is 2.82. The molecule has 0 heterocycles. The van der Waals surface area contributed by atoms with Crippen LogP contribution in [-0.2, 0) is 4.79 Å². The Labute approximate surface area is 112 Å². The predicted molar refractivity (Wildman–Crippen MR) is 75.8 cm³/mol. The molecule has 0 spiro atoms. The van der Waals surface area contributed by atoms with Crippen LogP contribution in [0.15, 0.2) is 42.5 Å². The lowest BCUT2D eigenvalue weighted by Gasteiger charge is -2.16. The minimum absolute atomic E-state index is 0.00758. The van der Waals surface area contributed by atoms with Crippen molar-refractivity contribution in [2.24, 2.45) is 0 Å². The van der Waals surface area contributed by atoms with Gasteiger partial charge in [-0.05, 0) is 23.3 Å². The molecule has 2 aromatic rings. The maximum Gasteiger partial charge on any atom is 0.221 e. The van der Waals surface area contributed by atoms with Gasteiger partial charge in [-0.25, -0.2) is 0 Å². The van der Waals surface area contributed by atoms with Crippen LogP contribution in [0.2, 0.25) is 0 Å². The summed E-state index contributed by atoms with van der Waals surface area (Å²) in [5.74, 6) is 0.346. The quantitative estimate of drug-likeness (QED) is 0.837. The largest absolute Gasteiger partial charge is 0.350 e. The average molecular weight is 262 g/mol. The topological polar surface area (TPSA) is 29.1 Å². The summed E-state index contributed by atoms with van der Waals surface area (Å²) in [6.07, 6.45) is 0.358. The van der Waals surface area contributed by atoms with Crippen molar-refractivity contribution in [2.75, 3.05) is 5.88 Å². The number of amides is 1. The molecule has 2 nitrogen and oxygen atoms in total. The number of hydrogen-bond acceptors (Lipinski definition) is 1. The Balaban J connectivity index is 2.27. The second kappa shape index (κ2) is 5.87. The Hall–Kier alpha value is -1.54. The molecule has 0 saturated heterocycles. The van der Waals surface area contributed by atoms with Crippen LogP contribution in [0.3, 0.4) is 0 Å². The van der Waals surface area contributed by atoms with Gasteiger partial charge in [0, 0.05) is 12.3 Å². The second-order valence-corrected chi connectivity index (χ2v) is 4.67. The molecule has 1 unspecified atom stereocenters. The van der Waals surface area contributed by atoms with Crippen LogP contribution in [0.25, 0.3) is 10.8 Å². The third-order valence-corrected chi connectivity index (χ3v) is 3.18. The van der Waals surface area contributed by atoms with E-state index in [9.17, 15) is 4.79 Å². The molecule has 0 aromatic heterocycles. The zero-order valence-corrected chi connectivity index (χ0v) is 11.1. The number of benzene rings is 2. The van der Waals surface area contributed by atoms with Gasteiger partial charge in [-0.3, -0.25) is 4.79 Å². The number of nitrogens with one attached hydrogen (secondary N) is 1. The summed E-state index contributed by atoms with van der Waals surface area (Å²) in [4.78, 5) is 11.6. The minimum atomic E-state index is -0.00886. The highest BCUT2D eigenvalue weighted by molar-refractivity contribution is 6.18. The first kappa shape index (κ1) is 12.9. The van der Waals surface area contributed by atoms with Crippen LogP contribution in [0, 0.1) is 0 Å². The molecule has 0 radical (unpaired) electrons. The number of alkyl halides is 1. The minimum Gasteiger partial charge on any atom is -0.350 e. The summed E-state index contributed by atoms with van der Waals surface area (Å²) in [5.41, 5.74) is 1.14. The number of rotatable bonds is 4. The van der Waals surface area contributed by atoms with Crippen molar-refractivity contribution in [1.29, 1.82) is 0 Å². The fourth-order valence-corrected chi connectivity index (χ4v) is 2.28. The molecule has 1 amide bonds. The highest BCUT2D eigenvalue weighted by Crippen LogP contribution is 2.23. The van der Waals surface area contributed by atoms with E-state index in [1.807, 2.05) is 31.2 Å². The van der Waals surface area contributed by atoms with E-state index in [1.54, 1.807) is 0 Å². The van der Waals surface area contributed by atoms with Crippen LogP contribution in [0.4, 0.5) is 0 Å². The standard InChI is InChI=1S/C15H16ClNO/c1-11(17-15(18)9-10-16)13-8-4-6-12-5-2-3-7-14(12)13/h2-8,11H,9-10H2,1H3,(H,17,18). The molecule has 1 N–H and O–H groups in total. The van der Waals surface area contributed by atoms with Crippen molar-refractivity contribution in [3.8, 4) is 0 Å². The number of halogens is 1. The summed E-state index contributed by atoms with van der Waals surface area (Å²) in [5, 5.41) is 5.33. The van der Waals surface area contributed by atoms with Gasteiger partial charge in [0.25, 0.3) is 0 Å². The third-order valence-electron chi connectivity index (χ3n) is 2.99. The highest BCUT2D eigenvalue weighted by atomic mass is 35.5. The second-order valence-electron chi connectivity index (χ2n) is 4.30. The summed E-state index contributed by atoms with van der Waals surface area (Å²) < 4.78 is 0. The molecule has 0 saturated carbocycles. The van der Waals surface area contributed by atoms with Gasteiger partial charge in [-0.2, -0.15) is 0 Å². The molecular weight excluding hydrogens is 246 g/mol. The Morgan fingerprint density at radius 2 is 1.94 bits per heavy atom. The van der Waals surface area contributed by atoms with Crippen molar-refractivity contribution in [2.45, 2.75) is 19.4 Å². The van der Waals surface area contributed by atoms with Gasteiger partial charge in [-0.15, -0.1) is 11.6 Å². The summed E-state index contributed by atoms with van der Waals surface area (Å²) in [7, 11) is 0. The van der Waals surface area contributed by atoms with Gasteiger partial charge < -0.3 is 5.32 Å². The van der Waals surface area contributed by atoms with Crippen LogP contribution in [0.1, 0.15) is 24.9 Å². The Bertz CT molecular complexity index is 548. The summed E-state index contributed by atoms with van der Waals surface area (Å²) >= 11 is 5.56. The lowest BCUT2D eigenvalue weighted by Crippen LogP contribution is -2.26. The predicted octanol–water partition coefficient (Wildman–Crippen LogP) is 3.65. The van der Waals surface area contributed by atoms with Crippen LogP contribution < -0.4 is 5.32 Å². The molecule has 1 atom stereocenters. The lowest BCUT2D eigenvalue weighted by molar-refractivity contribution is -0.121. The van der Waals surface area contributed by atoms with E-state index in [0.29, 0.717) is 12.3 Å². The zero-order valence-electron chi connectivity index (χ0n) is 10.3. The van der Waals surface area contributed by atoms with E-state index in [2.05, 4.69) is 23.5 Å². The molecule has 0 fully saturated rings. The van der Waals surface area contributed by atoms with Gasteiger partial charge >= 0.3 is 0 Å². The number of hydrogen-bond donors (Lipinski definition) is 1. The number of carbonyl (C=O) groups is 1. The van der Waals surface area contributed by atoms with Crippen molar-refractivity contribution in [3.05, 3.63) is 48.0 Å². The van der Waals surface area contributed by atoms with Gasteiger partial charge in [0.2, 0.25) is 5.91 Å². The zero-order chi connectivity index (χ0) is 13.0. The first-order chi connectivity index (χ1) is 8.72. The molecule has 2 aromatic carbocycles. The normalized spacial score (nSPS) is 12.3.